The molecular weight excluding hydrogens is 360 g/mol. The highest BCUT2D eigenvalue weighted by molar-refractivity contribution is 5.99. The third-order valence-corrected chi connectivity index (χ3v) is 3.89. The van der Waals surface area contributed by atoms with Gasteiger partial charge in [0.15, 0.2) is 11.5 Å². The molecular formula is C21H26N2O5. The number of nitrogens with one attached hydrogen (secondary N) is 1. The van der Waals surface area contributed by atoms with Gasteiger partial charge in [-0.3, -0.25) is 9.59 Å². The summed E-state index contributed by atoms with van der Waals surface area (Å²) < 4.78 is 16.2. The van der Waals surface area contributed by atoms with E-state index in [-0.39, 0.29) is 18.4 Å². The zero-order valence-corrected chi connectivity index (χ0v) is 16.7. The molecule has 0 unspecified atom stereocenters. The molecule has 2 rings (SSSR count). The molecule has 28 heavy (non-hydrogen) atoms. The molecule has 0 aliphatic rings. The number of carbonyl (C=O) groups is 2. The largest absolute Gasteiger partial charge is 0.497 e. The Morgan fingerprint density at radius 2 is 1.61 bits per heavy atom. The maximum absolute atomic E-state index is 12.5. The van der Waals surface area contributed by atoms with Crippen LogP contribution in [0.1, 0.15) is 24.2 Å². The molecule has 0 atom stereocenters. The van der Waals surface area contributed by atoms with Crippen LogP contribution in [0.3, 0.4) is 0 Å². The number of hydrogen-bond acceptors (Lipinski definition) is 5. The van der Waals surface area contributed by atoms with Gasteiger partial charge in [-0.05, 0) is 50.2 Å². The molecule has 150 valence electrons. The second-order valence-corrected chi connectivity index (χ2v) is 5.97. The van der Waals surface area contributed by atoms with Crippen LogP contribution in [-0.2, 0) is 4.79 Å². The van der Waals surface area contributed by atoms with Crippen molar-refractivity contribution >= 4 is 17.5 Å². The van der Waals surface area contributed by atoms with E-state index < -0.39 is 0 Å². The van der Waals surface area contributed by atoms with E-state index in [1.165, 1.54) is 4.90 Å². The number of amides is 2. The third kappa shape index (κ3) is 5.64. The summed E-state index contributed by atoms with van der Waals surface area (Å²) in [5.74, 6) is 1.28. The van der Waals surface area contributed by atoms with Crippen LogP contribution in [0.25, 0.3) is 0 Å². The molecule has 0 aliphatic carbocycles. The summed E-state index contributed by atoms with van der Waals surface area (Å²) in [6, 6.07) is 11.9. The molecule has 0 saturated heterocycles. The smallest absolute Gasteiger partial charge is 0.254 e. The molecule has 0 aromatic heterocycles. The van der Waals surface area contributed by atoms with Gasteiger partial charge in [-0.15, -0.1) is 0 Å². The Morgan fingerprint density at radius 3 is 2.21 bits per heavy atom. The molecule has 0 fully saturated rings. The van der Waals surface area contributed by atoms with Crippen molar-refractivity contribution in [3.8, 4) is 17.2 Å². The Balaban J connectivity index is 2.00. The van der Waals surface area contributed by atoms with E-state index in [0.29, 0.717) is 41.7 Å². The second-order valence-electron chi connectivity index (χ2n) is 5.97. The van der Waals surface area contributed by atoms with Gasteiger partial charge in [-0.1, -0.05) is 0 Å². The Labute approximate surface area is 165 Å². The first kappa shape index (κ1) is 21.1. The minimum absolute atomic E-state index is 0.0813. The number of rotatable bonds is 9. The van der Waals surface area contributed by atoms with E-state index in [4.69, 9.17) is 14.2 Å². The SMILES string of the molecule is CCOc1ccc(NC(=O)CN(C)C(=O)c2ccc(OC)cc2)cc1OCC. The van der Waals surface area contributed by atoms with Crippen LogP contribution in [-0.4, -0.2) is 50.6 Å². The lowest BCUT2D eigenvalue weighted by Gasteiger charge is -2.18. The summed E-state index contributed by atoms with van der Waals surface area (Å²) in [6.07, 6.45) is 0. The number of hydrogen-bond donors (Lipinski definition) is 1. The third-order valence-electron chi connectivity index (χ3n) is 3.89. The van der Waals surface area contributed by atoms with Crippen molar-refractivity contribution in [2.45, 2.75) is 13.8 Å². The average molecular weight is 386 g/mol. The fourth-order valence-electron chi connectivity index (χ4n) is 2.57. The molecule has 2 aromatic rings. The van der Waals surface area contributed by atoms with Crippen LogP contribution in [0, 0.1) is 0 Å². The van der Waals surface area contributed by atoms with Gasteiger partial charge in [0.1, 0.15) is 5.75 Å². The summed E-state index contributed by atoms with van der Waals surface area (Å²) in [5.41, 5.74) is 1.05. The molecule has 1 N–H and O–H groups in total. The lowest BCUT2D eigenvalue weighted by Crippen LogP contribution is -2.34. The minimum Gasteiger partial charge on any atom is -0.497 e. The standard InChI is InChI=1S/C21H26N2O5/c1-5-27-18-12-9-16(13-19(18)28-6-2)22-20(24)14-23(3)21(25)15-7-10-17(26-4)11-8-15/h7-13H,5-6,14H2,1-4H3,(H,22,24). The molecule has 0 radical (unpaired) electrons. The van der Waals surface area contributed by atoms with Crippen LogP contribution < -0.4 is 19.5 Å². The van der Waals surface area contributed by atoms with Crippen molar-refractivity contribution in [3.63, 3.8) is 0 Å². The molecule has 7 heteroatoms. The highest BCUT2D eigenvalue weighted by Gasteiger charge is 2.16. The Hall–Kier alpha value is -3.22. The Kier molecular flexibility index (Phi) is 7.68. The lowest BCUT2D eigenvalue weighted by molar-refractivity contribution is -0.116. The second kappa shape index (κ2) is 10.2. The molecule has 2 aromatic carbocycles. The number of benzene rings is 2. The molecule has 0 saturated carbocycles. The lowest BCUT2D eigenvalue weighted by atomic mass is 10.2. The molecule has 7 nitrogen and oxygen atoms in total. The van der Waals surface area contributed by atoms with Crippen molar-refractivity contribution < 1.29 is 23.8 Å². The topological polar surface area (TPSA) is 77.1 Å². The van der Waals surface area contributed by atoms with E-state index >= 15 is 0 Å². The quantitative estimate of drug-likeness (QED) is 0.716. The average Bonchev–Trinajstić information content (AvgIpc) is 2.69. The molecule has 2 amide bonds. The zero-order chi connectivity index (χ0) is 20.5. The number of anilines is 1. The first-order valence-electron chi connectivity index (χ1n) is 9.07. The number of ether oxygens (including phenoxy) is 3. The van der Waals surface area contributed by atoms with Gasteiger partial charge >= 0.3 is 0 Å². The molecule has 0 heterocycles. The van der Waals surface area contributed by atoms with E-state index in [1.54, 1.807) is 56.6 Å². The van der Waals surface area contributed by atoms with Crippen LogP contribution in [0.4, 0.5) is 5.69 Å². The number of methoxy groups -OCH3 is 1. The van der Waals surface area contributed by atoms with E-state index in [1.807, 2.05) is 13.8 Å². The maximum Gasteiger partial charge on any atom is 0.254 e. The van der Waals surface area contributed by atoms with Gasteiger partial charge in [0.25, 0.3) is 5.91 Å². The number of nitrogens with zero attached hydrogens (tertiary/aromatic N) is 1. The Bertz CT molecular complexity index is 805. The van der Waals surface area contributed by atoms with Gasteiger partial charge in [0.05, 0.1) is 26.9 Å². The van der Waals surface area contributed by atoms with Gasteiger partial charge in [0.2, 0.25) is 5.91 Å². The summed E-state index contributed by atoms with van der Waals surface area (Å²) in [6.45, 7) is 4.68. The van der Waals surface area contributed by atoms with E-state index in [0.717, 1.165) is 0 Å². The highest BCUT2D eigenvalue weighted by atomic mass is 16.5. The van der Waals surface area contributed by atoms with Crippen molar-refractivity contribution in [2.75, 3.05) is 39.2 Å². The molecule has 0 bridgehead atoms. The number of carbonyl (C=O) groups excluding carboxylic acids is 2. The summed E-state index contributed by atoms with van der Waals surface area (Å²) >= 11 is 0. The molecule has 0 aliphatic heterocycles. The predicted octanol–water partition coefficient (Wildman–Crippen LogP) is 3.20. The number of likely N-dealkylation sites (N-methyl/N-ethyl adjacent to an activating group) is 1. The van der Waals surface area contributed by atoms with E-state index in [9.17, 15) is 9.59 Å². The first-order chi connectivity index (χ1) is 13.5. The fourth-order valence-corrected chi connectivity index (χ4v) is 2.57. The Morgan fingerprint density at radius 1 is 0.964 bits per heavy atom. The van der Waals surface area contributed by atoms with Gasteiger partial charge < -0.3 is 24.4 Å². The van der Waals surface area contributed by atoms with Gasteiger partial charge in [-0.25, -0.2) is 0 Å². The van der Waals surface area contributed by atoms with Crippen molar-refractivity contribution in [2.24, 2.45) is 0 Å². The van der Waals surface area contributed by atoms with Gasteiger partial charge in [0, 0.05) is 24.4 Å². The normalized spacial score (nSPS) is 10.1. The highest BCUT2D eigenvalue weighted by Crippen LogP contribution is 2.30. The maximum atomic E-state index is 12.5. The zero-order valence-electron chi connectivity index (χ0n) is 16.7. The van der Waals surface area contributed by atoms with Crippen LogP contribution >= 0.6 is 0 Å². The minimum atomic E-state index is -0.309. The molecule has 0 spiro atoms. The van der Waals surface area contributed by atoms with Crippen molar-refractivity contribution in [1.82, 2.24) is 4.90 Å². The summed E-state index contributed by atoms with van der Waals surface area (Å²) in [4.78, 5) is 26.2. The van der Waals surface area contributed by atoms with E-state index in [2.05, 4.69) is 5.32 Å². The van der Waals surface area contributed by atoms with Crippen LogP contribution in [0.2, 0.25) is 0 Å². The van der Waals surface area contributed by atoms with Gasteiger partial charge in [-0.2, -0.15) is 0 Å². The van der Waals surface area contributed by atoms with Crippen LogP contribution in [0.15, 0.2) is 42.5 Å². The summed E-state index contributed by atoms with van der Waals surface area (Å²) in [5, 5.41) is 2.78. The fraction of sp³-hybridized carbons (Fsp3) is 0.333. The van der Waals surface area contributed by atoms with Crippen molar-refractivity contribution in [1.29, 1.82) is 0 Å². The van der Waals surface area contributed by atoms with Crippen molar-refractivity contribution in [3.05, 3.63) is 48.0 Å². The monoisotopic (exact) mass is 386 g/mol. The predicted molar refractivity (Wildman–Crippen MR) is 107 cm³/mol. The van der Waals surface area contributed by atoms with Crippen LogP contribution in [0.5, 0.6) is 17.2 Å². The summed E-state index contributed by atoms with van der Waals surface area (Å²) in [7, 11) is 3.14. The first-order valence-corrected chi connectivity index (χ1v) is 9.07.